The molecule has 0 aromatic carbocycles. The van der Waals surface area contributed by atoms with Gasteiger partial charge in [0.2, 0.25) is 0 Å². The maximum Gasteiger partial charge on any atom is 0.336 e. The smallest absolute Gasteiger partial charge is 0.336 e. The van der Waals surface area contributed by atoms with Gasteiger partial charge >= 0.3 is 17.9 Å². The van der Waals surface area contributed by atoms with Crippen molar-refractivity contribution in [1.29, 1.82) is 0 Å². The minimum absolute atomic E-state index is 0.618. The summed E-state index contributed by atoms with van der Waals surface area (Å²) in [5.41, 5.74) is -1.65. The van der Waals surface area contributed by atoms with Crippen LogP contribution < -0.4 is 0 Å². The van der Waals surface area contributed by atoms with Crippen molar-refractivity contribution in [2.75, 3.05) is 0 Å². The van der Waals surface area contributed by atoms with Crippen LogP contribution in [-0.2, 0) is 23.9 Å². The molecule has 0 radical (unpaired) electrons. The summed E-state index contributed by atoms with van der Waals surface area (Å²) in [4.78, 5) is 34.5. The van der Waals surface area contributed by atoms with Crippen LogP contribution in [-0.4, -0.2) is 45.4 Å². The molecule has 0 saturated heterocycles. The Balaban J connectivity index is 4.87. The highest BCUT2D eigenvalue weighted by atomic mass is 16.6. The van der Waals surface area contributed by atoms with Gasteiger partial charge in [0, 0.05) is 0 Å². The van der Waals surface area contributed by atoms with Crippen molar-refractivity contribution in [2.45, 2.75) is 65.3 Å². The Morgan fingerprint density at radius 2 is 1.38 bits per heavy atom. The molecule has 0 bridgehead atoms. The van der Waals surface area contributed by atoms with Crippen molar-refractivity contribution in [3.05, 3.63) is 0 Å². The number of esters is 2. The first-order valence-corrected chi connectivity index (χ1v) is 6.58. The van der Waals surface area contributed by atoms with E-state index in [1.165, 1.54) is 0 Å². The normalized spacial score (nSPS) is 15.0. The van der Waals surface area contributed by atoms with Crippen molar-refractivity contribution in [1.82, 2.24) is 0 Å². The number of carbonyl (C=O) groups excluding carboxylic acids is 2. The summed E-state index contributed by atoms with van der Waals surface area (Å²) in [5.74, 6) is -4.98. The van der Waals surface area contributed by atoms with Crippen LogP contribution in [0.3, 0.4) is 0 Å². The van der Waals surface area contributed by atoms with Gasteiger partial charge in [0.25, 0.3) is 0 Å². The summed E-state index contributed by atoms with van der Waals surface area (Å²) in [6, 6.07) is 0. The molecule has 7 nitrogen and oxygen atoms in total. The second-order valence-electron chi connectivity index (χ2n) is 6.71. The molecule has 0 aliphatic heterocycles. The number of carbonyl (C=O) groups is 3. The third-order valence-electron chi connectivity index (χ3n) is 2.15. The van der Waals surface area contributed by atoms with Crippen molar-refractivity contribution >= 4 is 17.9 Å². The summed E-state index contributed by atoms with van der Waals surface area (Å²) in [5, 5.41) is 18.9. The number of hydrogen-bond donors (Lipinski definition) is 2. The first kappa shape index (κ1) is 19.4. The third kappa shape index (κ3) is 8.29. The molecule has 0 heterocycles. The molecule has 0 saturated carbocycles. The molecule has 0 fully saturated rings. The monoisotopic (exact) mass is 304 g/mol. The molecule has 7 heteroatoms. The van der Waals surface area contributed by atoms with E-state index in [1.807, 2.05) is 0 Å². The minimum atomic E-state index is -1.94. The van der Waals surface area contributed by atoms with Gasteiger partial charge in [-0.25, -0.2) is 4.79 Å². The topological polar surface area (TPSA) is 110 Å². The van der Waals surface area contributed by atoms with Crippen LogP contribution in [0.2, 0.25) is 0 Å². The predicted octanol–water partition coefficient (Wildman–Crippen LogP) is 1.12. The van der Waals surface area contributed by atoms with E-state index in [2.05, 4.69) is 0 Å². The Kier molecular flexibility index (Phi) is 6.35. The molecule has 0 aliphatic rings. The van der Waals surface area contributed by atoms with Crippen LogP contribution in [0.5, 0.6) is 0 Å². The minimum Gasteiger partial charge on any atom is -0.481 e. The largest absolute Gasteiger partial charge is 0.481 e. The van der Waals surface area contributed by atoms with Gasteiger partial charge in [-0.05, 0) is 41.5 Å². The average Bonchev–Trinajstić information content (AvgIpc) is 2.19. The second-order valence-corrected chi connectivity index (χ2v) is 6.71. The molecular weight excluding hydrogens is 280 g/mol. The lowest BCUT2D eigenvalue weighted by Gasteiger charge is -2.25. The molecule has 0 amide bonds. The molecule has 2 N–H and O–H groups in total. The molecular formula is C14H24O7. The molecule has 0 rings (SSSR count). The van der Waals surface area contributed by atoms with Gasteiger partial charge in [0.05, 0.1) is 6.42 Å². The Labute approximate surface area is 124 Å². The molecule has 0 spiro atoms. The first-order valence-electron chi connectivity index (χ1n) is 6.58. The highest BCUT2D eigenvalue weighted by Crippen LogP contribution is 2.18. The maximum atomic E-state index is 11.7. The van der Waals surface area contributed by atoms with E-state index in [0.29, 0.717) is 0 Å². The van der Waals surface area contributed by atoms with Crippen molar-refractivity contribution in [3.63, 3.8) is 0 Å². The number of aliphatic hydroxyl groups excluding tert-OH is 1. The summed E-state index contributed by atoms with van der Waals surface area (Å²) < 4.78 is 9.89. The zero-order chi connectivity index (χ0) is 17.0. The standard InChI is InChI=1S/C14H24O7/c1-13(2,3)20-9(15)7-8(11(17)18)10(16)12(19)21-14(4,5)6/h8,10,16H,7H2,1-6H3,(H,17,18). The van der Waals surface area contributed by atoms with E-state index < -0.39 is 47.6 Å². The second kappa shape index (κ2) is 6.89. The molecule has 0 aromatic rings. The van der Waals surface area contributed by atoms with Gasteiger partial charge in [-0.2, -0.15) is 0 Å². The number of ether oxygens (including phenoxy) is 2. The zero-order valence-electron chi connectivity index (χ0n) is 13.3. The molecule has 0 aliphatic carbocycles. The van der Waals surface area contributed by atoms with E-state index in [9.17, 15) is 19.5 Å². The van der Waals surface area contributed by atoms with Crippen LogP contribution in [0.15, 0.2) is 0 Å². The lowest BCUT2D eigenvalue weighted by atomic mass is 9.98. The number of hydrogen-bond acceptors (Lipinski definition) is 6. The van der Waals surface area contributed by atoms with Crippen molar-refractivity contribution in [3.8, 4) is 0 Å². The quantitative estimate of drug-likeness (QED) is 0.732. The summed E-state index contributed by atoms with van der Waals surface area (Å²) in [6.45, 7) is 9.64. The number of rotatable bonds is 5. The van der Waals surface area contributed by atoms with Gasteiger partial charge in [0.1, 0.15) is 17.1 Å². The number of aliphatic hydroxyl groups is 1. The lowest BCUT2D eigenvalue weighted by Crippen LogP contribution is -2.41. The number of carboxylic acids is 1. The van der Waals surface area contributed by atoms with Gasteiger partial charge in [-0.1, -0.05) is 0 Å². The summed E-state index contributed by atoms with van der Waals surface area (Å²) in [6.07, 6.45) is -2.55. The Morgan fingerprint density at radius 1 is 0.952 bits per heavy atom. The van der Waals surface area contributed by atoms with Gasteiger partial charge < -0.3 is 19.7 Å². The summed E-state index contributed by atoms with van der Waals surface area (Å²) in [7, 11) is 0. The van der Waals surface area contributed by atoms with E-state index in [0.717, 1.165) is 0 Å². The van der Waals surface area contributed by atoms with Gasteiger partial charge in [-0.3, -0.25) is 9.59 Å². The van der Waals surface area contributed by atoms with Crippen LogP contribution >= 0.6 is 0 Å². The van der Waals surface area contributed by atoms with E-state index in [-0.39, 0.29) is 0 Å². The van der Waals surface area contributed by atoms with Crippen molar-refractivity contribution < 1.29 is 34.1 Å². The Hall–Kier alpha value is -1.63. The number of aliphatic carboxylic acids is 1. The lowest BCUT2D eigenvalue weighted by molar-refractivity contribution is -0.175. The SMILES string of the molecule is CC(C)(C)OC(=O)CC(C(=O)O)C(O)C(=O)OC(C)(C)C. The van der Waals surface area contributed by atoms with Gasteiger partial charge in [-0.15, -0.1) is 0 Å². The maximum absolute atomic E-state index is 11.7. The summed E-state index contributed by atoms with van der Waals surface area (Å²) >= 11 is 0. The van der Waals surface area contributed by atoms with Crippen LogP contribution in [0.25, 0.3) is 0 Å². The van der Waals surface area contributed by atoms with Crippen LogP contribution in [0.1, 0.15) is 48.0 Å². The van der Waals surface area contributed by atoms with Crippen LogP contribution in [0.4, 0.5) is 0 Å². The van der Waals surface area contributed by atoms with Crippen molar-refractivity contribution in [2.24, 2.45) is 5.92 Å². The molecule has 0 aromatic heterocycles. The molecule has 2 unspecified atom stereocenters. The zero-order valence-corrected chi connectivity index (χ0v) is 13.3. The third-order valence-corrected chi connectivity index (χ3v) is 2.15. The predicted molar refractivity (Wildman–Crippen MR) is 73.4 cm³/mol. The van der Waals surface area contributed by atoms with E-state index in [1.54, 1.807) is 41.5 Å². The fourth-order valence-corrected chi connectivity index (χ4v) is 1.42. The fraction of sp³-hybridized carbons (Fsp3) is 0.786. The fourth-order valence-electron chi connectivity index (χ4n) is 1.42. The molecule has 2 atom stereocenters. The Bertz CT molecular complexity index is 401. The number of carboxylic acid groups (broad SMARTS) is 1. The van der Waals surface area contributed by atoms with Crippen LogP contribution in [0, 0.1) is 5.92 Å². The molecule has 122 valence electrons. The van der Waals surface area contributed by atoms with Gasteiger partial charge in [0.15, 0.2) is 6.10 Å². The highest BCUT2D eigenvalue weighted by Gasteiger charge is 2.37. The molecule has 21 heavy (non-hydrogen) atoms. The van der Waals surface area contributed by atoms with E-state index >= 15 is 0 Å². The highest BCUT2D eigenvalue weighted by molar-refractivity contribution is 5.86. The van der Waals surface area contributed by atoms with E-state index in [4.69, 9.17) is 14.6 Å². The average molecular weight is 304 g/mol. The first-order chi connectivity index (χ1) is 9.23. The Morgan fingerprint density at radius 3 is 1.71 bits per heavy atom.